The fraction of sp³-hybridized carbons (Fsp3) is 0.750. The molecule has 0 spiro atoms. The van der Waals surface area contributed by atoms with Gasteiger partial charge in [0.1, 0.15) is 0 Å². The van der Waals surface area contributed by atoms with Crippen molar-refractivity contribution in [2.45, 2.75) is 84.0 Å². The van der Waals surface area contributed by atoms with E-state index in [1.165, 1.54) is 38.5 Å². The summed E-state index contributed by atoms with van der Waals surface area (Å²) < 4.78 is 29.6. The van der Waals surface area contributed by atoms with Crippen molar-refractivity contribution >= 4 is 16.0 Å². The van der Waals surface area contributed by atoms with Crippen LogP contribution in [-0.4, -0.2) is 31.2 Å². The maximum atomic E-state index is 11.5. The van der Waals surface area contributed by atoms with Crippen LogP contribution in [0.4, 0.5) is 0 Å². The summed E-state index contributed by atoms with van der Waals surface area (Å²) in [5, 5.41) is 2.50. The fourth-order valence-electron chi connectivity index (χ4n) is 2.50. The average Bonchev–Trinajstić information content (AvgIpc) is 2.57. The number of nitrogens with one attached hydrogen (secondary N) is 1. The zero-order valence-electron chi connectivity index (χ0n) is 16.3. The van der Waals surface area contributed by atoms with Crippen LogP contribution in [0.1, 0.15) is 84.0 Å². The Morgan fingerprint density at radius 3 is 2.08 bits per heavy atom. The van der Waals surface area contributed by atoms with Crippen LogP contribution in [0.3, 0.4) is 0 Å². The van der Waals surface area contributed by atoms with E-state index in [1.54, 1.807) is 0 Å². The lowest BCUT2D eigenvalue weighted by Crippen LogP contribution is -2.28. The highest BCUT2D eigenvalue weighted by molar-refractivity contribution is 7.85. The third-order valence-corrected chi connectivity index (χ3v) is 4.76. The molecule has 0 fully saturated rings. The average molecular weight is 388 g/mol. The maximum absolute atomic E-state index is 11.5. The summed E-state index contributed by atoms with van der Waals surface area (Å²) in [6.07, 6.45) is 21.9. The maximum Gasteiger partial charge on any atom is 0.266 e. The minimum absolute atomic E-state index is 0.0298. The summed E-state index contributed by atoms with van der Waals surface area (Å²) in [5.74, 6) is -0.583. The highest BCUT2D eigenvalue weighted by atomic mass is 32.2. The first kappa shape index (κ1) is 24.9. The van der Waals surface area contributed by atoms with Crippen molar-refractivity contribution in [1.82, 2.24) is 5.32 Å². The second kappa shape index (κ2) is 17.3. The van der Waals surface area contributed by atoms with Gasteiger partial charge >= 0.3 is 0 Å². The molecule has 0 aromatic rings. The van der Waals surface area contributed by atoms with E-state index >= 15 is 0 Å². The molecule has 0 unspecified atom stereocenters. The van der Waals surface area contributed by atoms with E-state index in [0.717, 1.165) is 32.1 Å². The Morgan fingerprint density at radius 1 is 0.885 bits per heavy atom. The van der Waals surface area contributed by atoms with Gasteiger partial charge in [0, 0.05) is 13.0 Å². The minimum atomic E-state index is -3.99. The zero-order chi connectivity index (χ0) is 19.5. The van der Waals surface area contributed by atoms with Crippen molar-refractivity contribution in [3.63, 3.8) is 0 Å². The topological polar surface area (TPSA) is 83.5 Å². The Labute approximate surface area is 160 Å². The SMILES string of the molecule is CCCCC/C=C/C/C=C/CCCCCCCC(=O)NCCS(=O)(=O)O. The van der Waals surface area contributed by atoms with E-state index < -0.39 is 15.9 Å². The molecule has 0 aliphatic heterocycles. The van der Waals surface area contributed by atoms with E-state index in [0.29, 0.717) is 6.42 Å². The third-order valence-electron chi connectivity index (χ3n) is 4.04. The molecule has 0 aromatic heterocycles. The van der Waals surface area contributed by atoms with Gasteiger partial charge in [0.2, 0.25) is 5.91 Å². The number of allylic oxidation sites excluding steroid dienone is 4. The van der Waals surface area contributed by atoms with Gasteiger partial charge in [-0.3, -0.25) is 9.35 Å². The second-order valence-electron chi connectivity index (χ2n) is 6.62. The van der Waals surface area contributed by atoms with Gasteiger partial charge in [-0.1, -0.05) is 63.3 Å². The summed E-state index contributed by atoms with van der Waals surface area (Å²) in [6, 6.07) is 0. The van der Waals surface area contributed by atoms with Crippen molar-refractivity contribution in [3.8, 4) is 0 Å². The van der Waals surface area contributed by atoms with Gasteiger partial charge in [-0.15, -0.1) is 0 Å². The fourth-order valence-corrected chi connectivity index (χ4v) is 2.86. The molecule has 0 atom stereocenters. The largest absolute Gasteiger partial charge is 0.355 e. The molecule has 152 valence electrons. The lowest BCUT2D eigenvalue weighted by molar-refractivity contribution is -0.121. The number of rotatable bonds is 17. The molecule has 0 radical (unpaired) electrons. The molecule has 5 nitrogen and oxygen atoms in total. The number of amides is 1. The Hall–Kier alpha value is -1.14. The molecular formula is C20H37NO4S. The Kier molecular flexibility index (Phi) is 16.5. The normalized spacial score (nSPS) is 12.2. The molecule has 0 heterocycles. The highest BCUT2D eigenvalue weighted by Crippen LogP contribution is 2.08. The van der Waals surface area contributed by atoms with Crippen molar-refractivity contribution in [3.05, 3.63) is 24.3 Å². The van der Waals surface area contributed by atoms with Crippen molar-refractivity contribution in [2.75, 3.05) is 12.3 Å². The Morgan fingerprint density at radius 2 is 1.46 bits per heavy atom. The van der Waals surface area contributed by atoms with Gasteiger partial charge in [0.25, 0.3) is 10.1 Å². The lowest BCUT2D eigenvalue weighted by atomic mass is 10.1. The number of carbonyl (C=O) groups is 1. The molecular weight excluding hydrogens is 350 g/mol. The molecule has 0 aliphatic rings. The van der Waals surface area contributed by atoms with E-state index in [2.05, 4.69) is 36.5 Å². The number of hydrogen-bond donors (Lipinski definition) is 2. The van der Waals surface area contributed by atoms with E-state index in [9.17, 15) is 13.2 Å². The van der Waals surface area contributed by atoms with Gasteiger partial charge in [-0.25, -0.2) is 0 Å². The molecule has 1 amide bonds. The first-order valence-electron chi connectivity index (χ1n) is 9.97. The molecule has 0 rings (SSSR count). The van der Waals surface area contributed by atoms with Gasteiger partial charge in [0.05, 0.1) is 5.75 Å². The first-order valence-corrected chi connectivity index (χ1v) is 11.6. The number of unbranched alkanes of at least 4 members (excludes halogenated alkanes) is 8. The van der Waals surface area contributed by atoms with Crippen molar-refractivity contribution < 1.29 is 17.8 Å². The van der Waals surface area contributed by atoms with E-state index in [-0.39, 0.29) is 12.5 Å². The van der Waals surface area contributed by atoms with Gasteiger partial charge in [-0.2, -0.15) is 8.42 Å². The highest BCUT2D eigenvalue weighted by Gasteiger charge is 2.06. The van der Waals surface area contributed by atoms with Crippen LogP contribution in [0.15, 0.2) is 24.3 Å². The van der Waals surface area contributed by atoms with Crippen LogP contribution in [-0.2, 0) is 14.9 Å². The van der Waals surface area contributed by atoms with Crippen LogP contribution < -0.4 is 5.32 Å². The molecule has 2 N–H and O–H groups in total. The van der Waals surface area contributed by atoms with Gasteiger partial charge in [0.15, 0.2) is 0 Å². The monoisotopic (exact) mass is 387 g/mol. The van der Waals surface area contributed by atoms with Gasteiger partial charge < -0.3 is 5.32 Å². The zero-order valence-corrected chi connectivity index (χ0v) is 17.1. The minimum Gasteiger partial charge on any atom is -0.355 e. The molecule has 26 heavy (non-hydrogen) atoms. The first-order chi connectivity index (χ1) is 12.5. The predicted molar refractivity (Wildman–Crippen MR) is 109 cm³/mol. The van der Waals surface area contributed by atoms with Crippen LogP contribution in [0.2, 0.25) is 0 Å². The molecule has 0 aromatic carbocycles. The summed E-state index contributed by atoms with van der Waals surface area (Å²) in [4.78, 5) is 11.5. The second-order valence-corrected chi connectivity index (χ2v) is 8.19. The molecule has 6 heteroatoms. The van der Waals surface area contributed by atoms with E-state index in [4.69, 9.17) is 4.55 Å². The summed E-state index contributed by atoms with van der Waals surface area (Å²) in [7, 11) is -3.99. The van der Waals surface area contributed by atoms with Crippen LogP contribution >= 0.6 is 0 Å². The Balaban J connectivity index is 3.35. The third kappa shape index (κ3) is 20.9. The van der Waals surface area contributed by atoms with Crippen molar-refractivity contribution in [2.24, 2.45) is 0 Å². The van der Waals surface area contributed by atoms with Gasteiger partial charge in [-0.05, 0) is 38.5 Å². The van der Waals surface area contributed by atoms with Crippen LogP contribution in [0, 0.1) is 0 Å². The Bertz CT molecular complexity index is 498. The molecule has 0 bridgehead atoms. The molecule has 0 aliphatic carbocycles. The summed E-state index contributed by atoms with van der Waals surface area (Å²) >= 11 is 0. The standard InChI is InChI=1S/C20H37NO4S/c1-2-3-4-5-6-7-8-9-10-11-12-13-14-15-16-17-20(22)21-18-19-26(23,24)25/h6-7,9-10H,2-5,8,11-19H2,1H3,(H,21,22)(H,23,24,25)/b7-6+,10-9+. The molecule has 0 saturated heterocycles. The quantitative estimate of drug-likeness (QED) is 0.213. The molecule has 0 saturated carbocycles. The summed E-state index contributed by atoms with van der Waals surface area (Å²) in [6.45, 7) is 2.19. The summed E-state index contributed by atoms with van der Waals surface area (Å²) in [5.41, 5.74) is 0. The van der Waals surface area contributed by atoms with Crippen molar-refractivity contribution in [1.29, 1.82) is 0 Å². The van der Waals surface area contributed by atoms with Crippen LogP contribution in [0.5, 0.6) is 0 Å². The smallest absolute Gasteiger partial charge is 0.266 e. The predicted octanol–water partition coefficient (Wildman–Crippen LogP) is 4.80. The number of carbonyl (C=O) groups excluding carboxylic acids is 1. The number of hydrogen-bond acceptors (Lipinski definition) is 3. The lowest BCUT2D eigenvalue weighted by Gasteiger charge is -2.04. The van der Waals surface area contributed by atoms with E-state index in [1.807, 2.05) is 0 Å². The van der Waals surface area contributed by atoms with Crippen LogP contribution in [0.25, 0.3) is 0 Å².